The lowest BCUT2D eigenvalue weighted by molar-refractivity contribution is -0.386. The molecular weight excluding hydrogens is 261 g/mol. The van der Waals surface area contributed by atoms with E-state index in [1.807, 2.05) is 22.6 Å². The van der Waals surface area contributed by atoms with Crippen molar-refractivity contribution in [1.29, 1.82) is 0 Å². The molecule has 1 aromatic heterocycles. The van der Waals surface area contributed by atoms with Crippen LogP contribution in [-0.4, -0.2) is 14.9 Å². The lowest BCUT2D eigenvalue weighted by Gasteiger charge is -1.94. The van der Waals surface area contributed by atoms with Crippen LogP contribution in [0.2, 0.25) is 0 Å². The number of nitro groups is 1. The van der Waals surface area contributed by atoms with E-state index in [0.717, 1.165) is 0 Å². The summed E-state index contributed by atoms with van der Waals surface area (Å²) in [6.07, 6.45) is 1.21. The van der Waals surface area contributed by atoms with Crippen LogP contribution in [-0.2, 0) is 0 Å². The minimum Gasteiger partial charge on any atom is -0.258 e. The Hall–Kier alpha value is -0.790. The molecular formula is C5H4IN3O2. The maximum atomic E-state index is 10.3. The van der Waals surface area contributed by atoms with Gasteiger partial charge in [-0.25, -0.2) is 9.97 Å². The van der Waals surface area contributed by atoms with Crippen molar-refractivity contribution >= 4 is 28.3 Å². The molecule has 0 aliphatic carbocycles. The molecule has 0 aliphatic rings. The topological polar surface area (TPSA) is 68.9 Å². The van der Waals surface area contributed by atoms with Gasteiger partial charge in [0, 0.05) is 22.6 Å². The highest BCUT2D eigenvalue weighted by Crippen LogP contribution is 2.13. The van der Waals surface area contributed by atoms with Crippen LogP contribution in [0, 0.1) is 20.9 Å². The normalized spacial score (nSPS) is 9.64. The van der Waals surface area contributed by atoms with Crippen LogP contribution >= 0.6 is 22.6 Å². The second kappa shape index (κ2) is 3.07. The van der Waals surface area contributed by atoms with Crippen LogP contribution in [0.15, 0.2) is 6.20 Å². The third-order valence-electron chi connectivity index (χ3n) is 1.12. The zero-order valence-electron chi connectivity index (χ0n) is 5.61. The van der Waals surface area contributed by atoms with Crippen molar-refractivity contribution in [3.63, 3.8) is 0 Å². The van der Waals surface area contributed by atoms with E-state index in [1.54, 1.807) is 6.92 Å². The molecule has 0 radical (unpaired) electrons. The van der Waals surface area contributed by atoms with Crippen LogP contribution < -0.4 is 0 Å². The Morgan fingerprint density at radius 1 is 1.73 bits per heavy atom. The summed E-state index contributed by atoms with van der Waals surface area (Å²) in [5.41, 5.74) is 0.361. The van der Waals surface area contributed by atoms with E-state index in [9.17, 15) is 10.1 Å². The number of nitrogens with zero attached hydrogens (tertiary/aromatic N) is 3. The fourth-order valence-electron chi connectivity index (χ4n) is 0.612. The van der Waals surface area contributed by atoms with Crippen LogP contribution in [0.5, 0.6) is 0 Å². The molecule has 0 amide bonds. The van der Waals surface area contributed by atoms with Gasteiger partial charge in [-0.2, -0.15) is 0 Å². The molecule has 0 atom stereocenters. The van der Waals surface area contributed by atoms with Crippen molar-refractivity contribution in [3.8, 4) is 0 Å². The molecule has 58 valence electrons. The maximum Gasteiger partial charge on any atom is 0.308 e. The molecule has 11 heavy (non-hydrogen) atoms. The first-order valence-electron chi connectivity index (χ1n) is 2.75. The van der Waals surface area contributed by atoms with Crippen LogP contribution in [0.4, 0.5) is 5.69 Å². The highest BCUT2D eigenvalue weighted by molar-refractivity contribution is 14.1. The minimum atomic E-state index is -0.495. The summed E-state index contributed by atoms with van der Waals surface area (Å²) in [4.78, 5) is 17.3. The van der Waals surface area contributed by atoms with Gasteiger partial charge in [0.15, 0.2) is 3.83 Å². The molecule has 0 spiro atoms. The van der Waals surface area contributed by atoms with Crippen molar-refractivity contribution in [1.82, 2.24) is 9.97 Å². The standard InChI is InChI=1S/C5H4IN3O2/c1-3-4(9(10)11)2-7-5(6)8-3/h2H,1H3. The molecule has 0 N–H and O–H groups in total. The van der Waals surface area contributed by atoms with E-state index >= 15 is 0 Å². The van der Waals surface area contributed by atoms with Crippen LogP contribution in [0.3, 0.4) is 0 Å². The molecule has 0 saturated heterocycles. The van der Waals surface area contributed by atoms with Gasteiger partial charge in [0.1, 0.15) is 11.9 Å². The molecule has 0 aliphatic heterocycles. The summed E-state index contributed by atoms with van der Waals surface area (Å²) in [7, 11) is 0. The number of aromatic nitrogens is 2. The fourth-order valence-corrected chi connectivity index (χ4v) is 1.11. The number of halogens is 1. The average Bonchev–Trinajstić information content (AvgIpc) is 1.85. The molecule has 1 heterocycles. The van der Waals surface area contributed by atoms with Gasteiger partial charge in [0.05, 0.1) is 4.92 Å². The summed E-state index contributed by atoms with van der Waals surface area (Å²) in [5, 5.41) is 10.3. The Morgan fingerprint density at radius 3 is 2.82 bits per heavy atom. The quantitative estimate of drug-likeness (QED) is 0.332. The Kier molecular flexibility index (Phi) is 2.32. The first-order valence-corrected chi connectivity index (χ1v) is 3.82. The van der Waals surface area contributed by atoms with Gasteiger partial charge in [0.25, 0.3) is 0 Å². The van der Waals surface area contributed by atoms with E-state index in [4.69, 9.17) is 0 Å². The van der Waals surface area contributed by atoms with Gasteiger partial charge in [-0.05, 0) is 6.92 Å². The molecule has 0 fully saturated rings. The zero-order valence-corrected chi connectivity index (χ0v) is 7.77. The van der Waals surface area contributed by atoms with Crippen molar-refractivity contribution < 1.29 is 4.92 Å². The molecule has 6 heteroatoms. The van der Waals surface area contributed by atoms with Crippen LogP contribution in [0.1, 0.15) is 5.69 Å². The lowest BCUT2D eigenvalue weighted by atomic mass is 10.4. The van der Waals surface area contributed by atoms with E-state index in [0.29, 0.717) is 9.53 Å². The Bertz CT molecular complexity index is 302. The summed E-state index contributed by atoms with van der Waals surface area (Å²) >= 11 is 1.90. The lowest BCUT2D eigenvalue weighted by Crippen LogP contribution is -1.97. The minimum absolute atomic E-state index is 0.0367. The third kappa shape index (κ3) is 1.82. The highest BCUT2D eigenvalue weighted by Gasteiger charge is 2.11. The summed E-state index contributed by atoms with van der Waals surface area (Å²) in [6, 6.07) is 0. The van der Waals surface area contributed by atoms with Gasteiger partial charge >= 0.3 is 5.69 Å². The average molecular weight is 265 g/mol. The van der Waals surface area contributed by atoms with E-state index in [-0.39, 0.29) is 5.69 Å². The fraction of sp³-hybridized carbons (Fsp3) is 0.200. The first kappa shape index (κ1) is 8.31. The molecule has 0 saturated carbocycles. The smallest absolute Gasteiger partial charge is 0.258 e. The van der Waals surface area contributed by atoms with Crippen molar-refractivity contribution in [3.05, 3.63) is 25.8 Å². The SMILES string of the molecule is Cc1nc(I)ncc1[N+](=O)[O-]. The van der Waals surface area contributed by atoms with Gasteiger partial charge in [0.2, 0.25) is 0 Å². The first-order chi connectivity index (χ1) is 5.11. The Morgan fingerprint density at radius 2 is 2.36 bits per heavy atom. The van der Waals surface area contributed by atoms with Crippen LogP contribution in [0.25, 0.3) is 0 Å². The number of hydrogen-bond donors (Lipinski definition) is 0. The number of aryl methyl sites for hydroxylation is 1. The molecule has 1 aromatic rings. The van der Waals surface area contributed by atoms with Crippen molar-refractivity contribution in [2.24, 2.45) is 0 Å². The summed E-state index contributed by atoms with van der Waals surface area (Å²) < 4.78 is 0.519. The second-order valence-electron chi connectivity index (χ2n) is 1.87. The van der Waals surface area contributed by atoms with E-state index in [2.05, 4.69) is 9.97 Å². The predicted molar refractivity (Wildman–Crippen MR) is 46.1 cm³/mol. The Balaban J connectivity index is 3.20. The molecule has 0 bridgehead atoms. The molecule has 5 nitrogen and oxygen atoms in total. The predicted octanol–water partition coefficient (Wildman–Crippen LogP) is 1.30. The van der Waals surface area contributed by atoms with Crippen molar-refractivity contribution in [2.75, 3.05) is 0 Å². The maximum absolute atomic E-state index is 10.3. The summed E-state index contributed by atoms with van der Waals surface area (Å²) in [5.74, 6) is 0. The second-order valence-corrected chi connectivity index (χ2v) is 2.83. The largest absolute Gasteiger partial charge is 0.308 e. The van der Waals surface area contributed by atoms with Crippen molar-refractivity contribution in [2.45, 2.75) is 6.92 Å². The van der Waals surface area contributed by atoms with Gasteiger partial charge < -0.3 is 0 Å². The van der Waals surface area contributed by atoms with E-state index in [1.165, 1.54) is 6.20 Å². The van der Waals surface area contributed by atoms with E-state index < -0.39 is 4.92 Å². The number of rotatable bonds is 1. The molecule has 1 rings (SSSR count). The van der Waals surface area contributed by atoms with Gasteiger partial charge in [-0.3, -0.25) is 10.1 Å². The zero-order chi connectivity index (χ0) is 8.43. The monoisotopic (exact) mass is 265 g/mol. The molecule has 0 unspecified atom stereocenters. The number of hydrogen-bond acceptors (Lipinski definition) is 4. The summed E-state index contributed by atoms with van der Waals surface area (Å²) in [6.45, 7) is 1.59. The molecule has 0 aromatic carbocycles. The van der Waals surface area contributed by atoms with Gasteiger partial charge in [-0.15, -0.1) is 0 Å². The highest BCUT2D eigenvalue weighted by atomic mass is 127. The Labute approximate surface area is 76.2 Å². The third-order valence-corrected chi connectivity index (χ3v) is 1.64. The van der Waals surface area contributed by atoms with Gasteiger partial charge in [-0.1, -0.05) is 0 Å².